The lowest BCUT2D eigenvalue weighted by Gasteiger charge is -2.33. The number of benzene rings is 2. The number of nitrogens with zero attached hydrogens (tertiary/aromatic N) is 1. The summed E-state index contributed by atoms with van der Waals surface area (Å²) >= 11 is 12.1. The molecule has 8 heteroatoms. The molecule has 1 heterocycles. The molecule has 0 N–H and O–H groups in total. The van der Waals surface area contributed by atoms with Gasteiger partial charge in [-0.2, -0.15) is 0 Å². The van der Waals surface area contributed by atoms with E-state index in [-0.39, 0.29) is 6.10 Å². The Balaban J connectivity index is 1.45. The number of hydrogen-bond donors (Lipinski definition) is 0. The van der Waals surface area contributed by atoms with Crippen LogP contribution in [0.5, 0.6) is 5.75 Å². The average molecular weight is 444 g/mol. The Bertz CT molecular complexity index is 903. The second kappa shape index (κ2) is 9.46. The monoisotopic (exact) mass is 443 g/mol. The van der Waals surface area contributed by atoms with Gasteiger partial charge in [-0.05, 0) is 48.4 Å². The van der Waals surface area contributed by atoms with Crippen molar-refractivity contribution in [2.24, 2.45) is 0 Å². The zero-order valence-corrected chi connectivity index (χ0v) is 17.9. The van der Waals surface area contributed by atoms with Gasteiger partial charge in [-0.3, -0.25) is 4.90 Å². The molecule has 3 rings (SSSR count). The van der Waals surface area contributed by atoms with Gasteiger partial charge >= 0.3 is 0 Å². The van der Waals surface area contributed by atoms with Gasteiger partial charge in [0, 0.05) is 25.9 Å². The maximum atomic E-state index is 11.5. The van der Waals surface area contributed by atoms with Crippen molar-refractivity contribution in [3.63, 3.8) is 0 Å². The predicted molar refractivity (Wildman–Crippen MR) is 111 cm³/mol. The van der Waals surface area contributed by atoms with Crippen LogP contribution in [-0.2, 0) is 14.6 Å². The number of ether oxygens (including phenoxy) is 2. The maximum Gasteiger partial charge on any atom is 0.175 e. The smallest absolute Gasteiger partial charge is 0.175 e. The highest BCUT2D eigenvalue weighted by atomic mass is 35.5. The molecule has 1 atom stereocenters. The standard InChI is InChI=1S/C20H23Cl2NO4S/c1-28(24,25)17-6-4-16(5-7-17)26-11-2-9-23-10-12-27-20(14-23)15-3-8-18(21)19(22)13-15/h3-8,13,20H,2,9-12,14H2,1H3. The molecule has 28 heavy (non-hydrogen) atoms. The third-order valence-corrected chi connectivity index (χ3v) is 6.47. The lowest BCUT2D eigenvalue weighted by Crippen LogP contribution is -2.39. The molecule has 1 unspecified atom stereocenters. The molecular formula is C20H23Cl2NO4S. The van der Waals surface area contributed by atoms with Crippen molar-refractivity contribution < 1.29 is 17.9 Å². The van der Waals surface area contributed by atoms with Gasteiger partial charge in [0.15, 0.2) is 9.84 Å². The van der Waals surface area contributed by atoms with E-state index in [4.69, 9.17) is 32.7 Å². The topological polar surface area (TPSA) is 55.8 Å². The third kappa shape index (κ3) is 5.84. The molecule has 1 saturated heterocycles. The molecule has 152 valence electrons. The number of halogens is 2. The molecule has 0 saturated carbocycles. The van der Waals surface area contributed by atoms with Gasteiger partial charge < -0.3 is 9.47 Å². The molecule has 0 spiro atoms. The lowest BCUT2D eigenvalue weighted by molar-refractivity contribution is -0.0310. The summed E-state index contributed by atoms with van der Waals surface area (Å²) in [6, 6.07) is 12.1. The number of hydrogen-bond acceptors (Lipinski definition) is 5. The van der Waals surface area contributed by atoms with Crippen LogP contribution in [0.2, 0.25) is 10.0 Å². The Kier molecular flexibility index (Phi) is 7.23. The van der Waals surface area contributed by atoms with Crippen molar-refractivity contribution >= 4 is 33.0 Å². The zero-order chi connectivity index (χ0) is 20.1. The van der Waals surface area contributed by atoms with Crippen molar-refractivity contribution in [3.8, 4) is 5.75 Å². The van der Waals surface area contributed by atoms with Crippen LogP contribution in [0, 0.1) is 0 Å². The first kappa shape index (κ1) is 21.4. The Morgan fingerprint density at radius 2 is 1.89 bits per heavy atom. The van der Waals surface area contributed by atoms with Crippen molar-refractivity contribution in [1.29, 1.82) is 0 Å². The van der Waals surface area contributed by atoms with Gasteiger partial charge in [-0.1, -0.05) is 29.3 Å². The molecule has 1 fully saturated rings. The number of sulfone groups is 1. The molecule has 0 aromatic heterocycles. The first-order valence-electron chi connectivity index (χ1n) is 9.05. The Labute approximate surface area is 176 Å². The number of rotatable bonds is 7. The van der Waals surface area contributed by atoms with E-state index in [0.717, 1.165) is 31.6 Å². The van der Waals surface area contributed by atoms with Crippen molar-refractivity contribution in [3.05, 3.63) is 58.1 Å². The second-order valence-electron chi connectivity index (χ2n) is 6.78. The number of morpholine rings is 1. The van der Waals surface area contributed by atoms with Crippen LogP contribution in [0.1, 0.15) is 18.1 Å². The minimum absolute atomic E-state index is 0.0204. The molecule has 0 radical (unpaired) electrons. The molecule has 1 aliphatic rings. The quantitative estimate of drug-likeness (QED) is 0.598. The Morgan fingerprint density at radius 3 is 2.57 bits per heavy atom. The van der Waals surface area contributed by atoms with Crippen LogP contribution in [0.15, 0.2) is 47.4 Å². The fourth-order valence-corrected chi connectivity index (χ4v) is 4.02. The van der Waals surface area contributed by atoms with Crippen LogP contribution in [-0.4, -0.2) is 52.4 Å². The van der Waals surface area contributed by atoms with E-state index in [1.807, 2.05) is 12.1 Å². The predicted octanol–water partition coefficient (Wildman–Crippen LogP) is 4.24. The maximum absolute atomic E-state index is 11.5. The SMILES string of the molecule is CS(=O)(=O)c1ccc(OCCCN2CCOC(c3ccc(Cl)c(Cl)c3)C2)cc1. The molecular weight excluding hydrogens is 421 g/mol. The molecule has 0 bridgehead atoms. The van der Waals surface area contributed by atoms with Crippen molar-refractivity contribution in [1.82, 2.24) is 4.90 Å². The molecule has 0 amide bonds. The molecule has 2 aromatic rings. The van der Waals surface area contributed by atoms with Gasteiger partial charge in [-0.25, -0.2) is 8.42 Å². The lowest BCUT2D eigenvalue weighted by atomic mass is 10.1. The minimum atomic E-state index is -3.18. The highest BCUT2D eigenvalue weighted by molar-refractivity contribution is 7.90. The Hall–Kier alpha value is -1.31. The molecule has 1 aliphatic heterocycles. The summed E-state index contributed by atoms with van der Waals surface area (Å²) in [6.07, 6.45) is 2.03. The average Bonchev–Trinajstić information content (AvgIpc) is 2.67. The summed E-state index contributed by atoms with van der Waals surface area (Å²) < 4.78 is 34.5. The summed E-state index contributed by atoms with van der Waals surface area (Å²) in [5.41, 5.74) is 1.03. The van der Waals surface area contributed by atoms with E-state index < -0.39 is 9.84 Å². The van der Waals surface area contributed by atoms with Crippen LogP contribution < -0.4 is 4.74 Å². The van der Waals surface area contributed by atoms with Crippen LogP contribution in [0.3, 0.4) is 0 Å². The zero-order valence-electron chi connectivity index (χ0n) is 15.6. The first-order valence-corrected chi connectivity index (χ1v) is 11.7. The van der Waals surface area contributed by atoms with Crippen molar-refractivity contribution in [2.45, 2.75) is 17.4 Å². The first-order chi connectivity index (χ1) is 13.3. The van der Waals surface area contributed by atoms with Gasteiger partial charge in [0.25, 0.3) is 0 Å². The molecule has 2 aromatic carbocycles. The van der Waals surface area contributed by atoms with E-state index in [0.29, 0.717) is 33.9 Å². The van der Waals surface area contributed by atoms with Gasteiger partial charge in [-0.15, -0.1) is 0 Å². The van der Waals surface area contributed by atoms with Crippen molar-refractivity contribution in [2.75, 3.05) is 39.1 Å². The van der Waals surface area contributed by atoms with E-state index in [1.165, 1.54) is 6.26 Å². The normalized spacial score (nSPS) is 18.2. The fourth-order valence-electron chi connectivity index (χ4n) is 3.08. The van der Waals surface area contributed by atoms with Crippen LogP contribution in [0.4, 0.5) is 0 Å². The third-order valence-electron chi connectivity index (χ3n) is 4.61. The minimum Gasteiger partial charge on any atom is -0.494 e. The largest absolute Gasteiger partial charge is 0.494 e. The van der Waals surface area contributed by atoms with E-state index in [1.54, 1.807) is 30.3 Å². The highest BCUT2D eigenvalue weighted by Crippen LogP contribution is 2.29. The second-order valence-corrected chi connectivity index (χ2v) is 9.61. The van der Waals surface area contributed by atoms with E-state index in [9.17, 15) is 8.42 Å². The van der Waals surface area contributed by atoms with Crippen LogP contribution in [0.25, 0.3) is 0 Å². The van der Waals surface area contributed by atoms with Gasteiger partial charge in [0.1, 0.15) is 5.75 Å². The summed E-state index contributed by atoms with van der Waals surface area (Å²) in [6.45, 7) is 3.79. The highest BCUT2D eigenvalue weighted by Gasteiger charge is 2.22. The van der Waals surface area contributed by atoms with Gasteiger partial charge in [0.2, 0.25) is 0 Å². The Morgan fingerprint density at radius 1 is 1.14 bits per heavy atom. The van der Waals surface area contributed by atoms with Crippen LogP contribution >= 0.6 is 23.2 Å². The molecule has 0 aliphatic carbocycles. The summed E-state index contributed by atoms with van der Waals surface area (Å²) in [4.78, 5) is 2.63. The molecule has 5 nitrogen and oxygen atoms in total. The summed E-state index contributed by atoms with van der Waals surface area (Å²) in [7, 11) is -3.18. The van der Waals surface area contributed by atoms with E-state index >= 15 is 0 Å². The fraction of sp³-hybridized carbons (Fsp3) is 0.400. The van der Waals surface area contributed by atoms with E-state index in [2.05, 4.69) is 4.90 Å². The van der Waals surface area contributed by atoms with Gasteiger partial charge in [0.05, 0.1) is 34.3 Å². The summed E-state index contributed by atoms with van der Waals surface area (Å²) in [5.74, 6) is 0.670. The summed E-state index contributed by atoms with van der Waals surface area (Å²) in [5, 5.41) is 1.08.